The molecule has 1 aromatic carbocycles. The van der Waals surface area contributed by atoms with E-state index in [1.165, 1.54) is 6.26 Å². The first-order valence-corrected chi connectivity index (χ1v) is 8.04. The summed E-state index contributed by atoms with van der Waals surface area (Å²) in [6.07, 6.45) is 1.59. The molecule has 18 heavy (non-hydrogen) atoms. The summed E-state index contributed by atoms with van der Waals surface area (Å²) < 4.78 is 27.4. The molecule has 0 spiro atoms. The van der Waals surface area contributed by atoms with Crippen molar-refractivity contribution in [1.82, 2.24) is 0 Å². The van der Waals surface area contributed by atoms with Gasteiger partial charge < -0.3 is 10.5 Å². The van der Waals surface area contributed by atoms with Gasteiger partial charge in [0.1, 0.15) is 20.6 Å². The van der Waals surface area contributed by atoms with E-state index >= 15 is 0 Å². The third-order valence-corrected chi connectivity index (χ3v) is 3.61. The molecule has 0 bridgehead atoms. The Morgan fingerprint density at radius 2 is 2.17 bits per heavy atom. The minimum atomic E-state index is -2.97. The fraction of sp³-hybridized carbons (Fsp3) is 0.364. The maximum absolute atomic E-state index is 11.0. The highest BCUT2D eigenvalue weighted by Crippen LogP contribution is 2.23. The van der Waals surface area contributed by atoms with Crippen molar-refractivity contribution in [3.8, 4) is 5.75 Å². The fourth-order valence-corrected chi connectivity index (χ4v) is 2.30. The number of rotatable bonds is 6. The summed E-state index contributed by atoms with van der Waals surface area (Å²) in [5.74, 6) is 0.555. The number of benzene rings is 1. The van der Waals surface area contributed by atoms with Crippen LogP contribution in [0, 0.1) is 0 Å². The Morgan fingerprint density at radius 3 is 2.72 bits per heavy atom. The highest BCUT2D eigenvalue weighted by molar-refractivity contribution is 7.90. The van der Waals surface area contributed by atoms with Crippen molar-refractivity contribution in [1.29, 1.82) is 0 Å². The number of sulfone groups is 1. The Bertz CT molecular complexity index is 543. The molecule has 0 fully saturated rings. The topological polar surface area (TPSA) is 69.4 Å². The second kappa shape index (κ2) is 6.36. The van der Waals surface area contributed by atoms with Crippen molar-refractivity contribution in [2.24, 2.45) is 5.73 Å². The Labute approximate surface area is 117 Å². The molecule has 1 rings (SSSR count). The van der Waals surface area contributed by atoms with Crippen molar-refractivity contribution in [2.75, 3.05) is 18.6 Å². The minimum absolute atomic E-state index is 0.0793. The van der Waals surface area contributed by atoms with E-state index < -0.39 is 9.84 Å². The van der Waals surface area contributed by atoms with Crippen molar-refractivity contribution in [2.45, 2.75) is 6.42 Å². The smallest absolute Gasteiger partial charge is 0.147 e. The Hall–Kier alpha value is -0.850. The summed E-state index contributed by atoms with van der Waals surface area (Å²) in [6.45, 7) is 0.267. The molecule has 0 radical (unpaired) electrons. The monoisotopic (exact) mass is 307 g/mol. The molecule has 0 saturated heterocycles. The average molecular weight is 308 g/mol. The average Bonchev–Trinajstić information content (AvgIpc) is 2.22. The lowest BCUT2D eigenvalue weighted by molar-refractivity contribution is 0.317. The molecule has 0 aromatic heterocycles. The molecule has 0 aliphatic rings. The van der Waals surface area contributed by atoms with Crippen LogP contribution in [-0.2, 0) is 9.84 Å². The van der Waals surface area contributed by atoms with E-state index in [4.69, 9.17) is 34.3 Å². The molecule has 4 nitrogen and oxygen atoms in total. The zero-order valence-corrected chi connectivity index (χ0v) is 12.2. The fourth-order valence-electron chi connectivity index (χ4n) is 1.32. The normalized spacial score (nSPS) is 11.2. The van der Waals surface area contributed by atoms with E-state index in [1.807, 2.05) is 0 Å². The van der Waals surface area contributed by atoms with Gasteiger partial charge in [-0.1, -0.05) is 23.8 Å². The van der Waals surface area contributed by atoms with Crippen LogP contribution in [0.2, 0.25) is 5.02 Å². The van der Waals surface area contributed by atoms with Crippen molar-refractivity contribution in [3.05, 3.63) is 28.8 Å². The number of hydrogen-bond donors (Lipinski definition) is 1. The lowest BCUT2D eigenvalue weighted by atomic mass is 10.2. The number of halogens is 1. The van der Waals surface area contributed by atoms with Gasteiger partial charge in [0.15, 0.2) is 0 Å². The molecular weight excluding hydrogens is 294 g/mol. The second-order valence-electron chi connectivity index (χ2n) is 3.84. The highest BCUT2D eigenvalue weighted by Gasteiger charge is 2.08. The molecular formula is C11H14ClNO3S2. The maximum atomic E-state index is 11.0. The number of nitrogens with two attached hydrogens (primary N) is 1. The molecule has 0 atom stereocenters. The van der Waals surface area contributed by atoms with E-state index in [1.54, 1.807) is 18.2 Å². The highest BCUT2D eigenvalue weighted by atomic mass is 35.5. The summed E-state index contributed by atoms with van der Waals surface area (Å²) in [7, 11) is -2.97. The van der Waals surface area contributed by atoms with Crippen LogP contribution < -0.4 is 10.5 Å². The first kappa shape index (κ1) is 15.2. The third-order valence-electron chi connectivity index (χ3n) is 2.13. The Balaban J connectivity index is 2.66. The van der Waals surface area contributed by atoms with E-state index in [0.717, 1.165) is 0 Å². The van der Waals surface area contributed by atoms with Crippen LogP contribution in [0.1, 0.15) is 12.0 Å². The Morgan fingerprint density at radius 1 is 1.50 bits per heavy atom. The summed E-state index contributed by atoms with van der Waals surface area (Å²) in [5.41, 5.74) is 6.14. The van der Waals surface area contributed by atoms with Gasteiger partial charge in [0.2, 0.25) is 0 Å². The standard InChI is InChI=1S/C11H14ClNO3S2/c1-18(14,15)6-2-5-16-10-7-8(12)3-4-9(10)11(13)17/h3-4,7H,2,5-6H2,1H3,(H2,13,17). The molecule has 0 saturated carbocycles. The minimum Gasteiger partial charge on any atom is -0.493 e. The lowest BCUT2D eigenvalue weighted by Gasteiger charge is -2.10. The van der Waals surface area contributed by atoms with Gasteiger partial charge >= 0.3 is 0 Å². The van der Waals surface area contributed by atoms with Gasteiger partial charge in [-0.15, -0.1) is 0 Å². The van der Waals surface area contributed by atoms with Gasteiger partial charge in [-0.2, -0.15) is 0 Å². The number of hydrogen-bond acceptors (Lipinski definition) is 4. The molecule has 0 aliphatic heterocycles. The van der Waals surface area contributed by atoms with Crippen LogP contribution in [0.25, 0.3) is 0 Å². The maximum Gasteiger partial charge on any atom is 0.147 e. The molecule has 100 valence electrons. The van der Waals surface area contributed by atoms with Crippen LogP contribution >= 0.6 is 23.8 Å². The summed E-state index contributed by atoms with van der Waals surface area (Å²) in [5, 5.41) is 0.508. The van der Waals surface area contributed by atoms with Crippen LogP contribution in [-0.4, -0.2) is 32.0 Å². The molecule has 7 heteroatoms. The van der Waals surface area contributed by atoms with Crippen molar-refractivity contribution in [3.63, 3.8) is 0 Å². The molecule has 0 heterocycles. The molecule has 0 aliphatic carbocycles. The van der Waals surface area contributed by atoms with Crippen LogP contribution in [0.15, 0.2) is 18.2 Å². The molecule has 2 N–H and O–H groups in total. The van der Waals surface area contributed by atoms with E-state index in [-0.39, 0.29) is 17.3 Å². The van der Waals surface area contributed by atoms with Crippen LogP contribution in [0.3, 0.4) is 0 Å². The predicted octanol–water partition coefficient (Wildman–Crippen LogP) is 1.79. The van der Waals surface area contributed by atoms with Gasteiger partial charge in [0, 0.05) is 11.3 Å². The molecule has 1 aromatic rings. The molecule has 0 unspecified atom stereocenters. The summed E-state index contributed by atoms with van der Waals surface area (Å²) in [4.78, 5) is 0.213. The van der Waals surface area contributed by atoms with Gasteiger partial charge in [0.05, 0.1) is 17.9 Å². The SMILES string of the molecule is CS(=O)(=O)CCCOc1cc(Cl)ccc1C(N)=S. The third kappa shape index (κ3) is 5.20. The van der Waals surface area contributed by atoms with Gasteiger partial charge in [0.25, 0.3) is 0 Å². The van der Waals surface area contributed by atoms with Crippen molar-refractivity contribution >= 4 is 38.6 Å². The quantitative estimate of drug-likeness (QED) is 0.641. The zero-order valence-electron chi connectivity index (χ0n) is 9.85. The van der Waals surface area contributed by atoms with Crippen LogP contribution in [0.5, 0.6) is 5.75 Å². The Kier molecular flexibility index (Phi) is 5.37. The largest absolute Gasteiger partial charge is 0.493 e. The van der Waals surface area contributed by atoms with Crippen molar-refractivity contribution < 1.29 is 13.2 Å². The second-order valence-corrected chi connectivity index (χ2v) is 6.97. The first-order chi connectivity index (χ1) is 8.29. The van der Waals surface area contributed by atoms with E-state index in [0.29, 0.717) is 22.8 Å². The zero-order chi connectivity index (χ0) is 13.8. The predicted molar refractivity (Wildman–Crippen MR) is 77.2 cm³/mol. The lowest BCUT2D eigenvalue weighted by Crippen LogP contribution is -2.13. The van der Waals surface area contributed by atoms with E-state index in [9.17, 15) is 8.42 Å². The van der Waals surface area contributed by atoms with E-state index in [2.05, 4.69) is 0 Å². The summed E-state index contributed by atoms with van der Waals surface area (Å²) >= 11 is 10.7. The number of ether oxygens (including phenoxy) is 1. The first-order valence-electron chi connectivity index (χ1n) is 5.19. The van der Waals surface area contributed by atoms with Gasteiger partial charge in [-0.3, -0.25) is 0 Å². The van der Waals surface area contributed by atoms with Gasteiger partial charge in [-0.05, 0) is 24.6 Å². The molecule has 0 amide bonds. The van der Waals surface area contributed by atoms with Gasteiger partial charge in [-0.25, -0.2) is 8.42 Å². The summed E-state index contributed by atoms with van der Waals surface area (Å²) in [6, 6.07) is 4.95. The number of thiocarbonyl (C=S) groups is 1. The van der Waals surface area contributed by atoms with Crippen LogP contribution in [0.4, 0.5) is 0 Å².